The lowest BCUT2D eigenvalue weighted by atomic mass is 10.1. The van der Waals surface area contributed by atoms with Crippen molar-refractivity contribution in [1.29, 1.82) is 0 Å². The van der Waals surface area contributed by atoms with Crippen LogP contribution in [0.15, 0.2) is 58.8 Å². The number of carbonyl (C=O) groups is 1. The van der Waals surface area contributed by atoms with Crippen LogP contribution in [0.4, 0.5) is 5.69 Å². The number of halogens is 1. The topological polar surface area (TPSA) is 66.5 Å². The third-order valence-corrected chi connectivity index (χ3v) is 8.26. The van der Waals surface area contributed by atoms with Gasteiger partial charge in [0.2, 0.25) is 5.91 Å². The van der Waals surface area contributed by atoms with Crippen LogP contribution in [-0.2, 0) is 21.4 Å². The highest BCUT2D eigenvalue weighted by atomic mass is 35.5. The van der Waals surface area contributed by atoms with Crippen molar-refractivity contribution in [2.75, 3.05) is 10.8 Å². The van der Waals surface area contributed by atoms with Crippen LogP contribution < -0.4 is 9.62 Å². The van der Waals surface area contributed by atoms with E-state index in [9.17, 15) is 13.2 Å². The number of rotatable bonds is 7. The molecule has 1 heterocycles. The summed E-state index contributed by atoms with van der Waals surface area (Å²) in [6.07, 6.45) is 0. The van der Waals surface area contributed by atoms with Gasteiger partial charge in [0.05, 0.1) is 5.69 Å². The summed E-state index contributed by atoms with van der Waals surface area (Å²) < 4.78 is 28.1. The van der Waals surface area contributed by atoms with Crippen LogP contribution in [-0.4, -0.2) is 20.9 Å². The Morgan fingerprint density at radius 3 is 2.47 bits per heavy atom. The van der Waals surface area contributed by atoms with Crippen LogP contribution in [0.1, 0.15) is 21.6 Å². The number of amides is 1. The summed E-state index contributed by atoms with van der Waals surface area (Å²) in [7, 11) is -3.92. The lowest BCUT2D eigenvalue weighted by Crippen LogP contribution is -2.40. The highest BCUT2D eigenvalue weighted by molar-refractivity contribution is 7.94. The predicted octanol–water partition coefficient (Wildman–Crippen LogP) is 4.84. The van der Waals surface area contributed by atoms with Crippen molar-refractivity contribution < 1.29 is 13.2 Å². The number of aryl methyl sites for hydroxylation is 2. The first-order valence-electron chi connectivity index (χ1n) is 9.35. The minimum Gasteiger partial charge on any atom is -0.350 e. The van der Waals surface area contributed by atoms with Gasteiger partial charge in [0.25, 0.3) is 10.0 Å². The van der Waals surface area contributed by atoms with Gasteiger partial charge in [-0.1, -0.05) is 47.5 Å². The number of benzene rings is 2. The molecule has 3 aromatic rings. The Labute approximate surface area is 186 Å². The highest BCUT2D eigenvalue weighted by Crippen LogP contribution is 2.32. The normalized spacial score (nSPS) is 11.3. The zero-order valence-electron chi connectivity index (χ0n) is 17.0. The molecule has 0 aliphatic heterocycles. The fourth-order valence-corrected chi connectivity index (χ4v) is 6.08. The summed E-state index contributed by atoms with van der Waals surface area (Å²) in [6.45, 7) is 5.54. The Morgan fingerprint density at radius 2 is 1.80 bits per heavy atom. The van der Waals surface area contributed by atoms with E-state index in [4.69, 9.17) is 11.6 Å². The largest absolute Gasteiger partial charge is 0.350 e. The van der Waals surface area contributed by atoms with E-state index in [1.54, 1.807) is 37.3 Å². The second-order valence-electron chi connectivity index (χ2n) is 7.03. The van der Waals surface area contributed by atoms with Gasteiger partial charge in [0, 0.05) is 16.4 Å². The first kappa shape index (κ1) is 22.3. The molecule has 0 aliphatic rings. The van der Waals surface area contributed by atoms with Gasteiger partial charge in [-0.2, -0.15) is 0 Å². The summed E-state index contributed by atoms with van der Waals surface area (Å²) in [5, 5.41) is 3.25. The molecule has 0 saturated heterocycles. The quantitative estimate of drug-likeness (QED) is 0.546. The van der Waals surface area contributed by atoms with Crippen molar-refractivity contribution in [1.82, 2.24) is 5.32 Å². The van der Waals surface area contributed by atoms with E-state index in [0.29, 0.717) is 22.8 Å². The van der Waals surface area contributed by atoms with E-state index in [1.807, 2.05) is 38.1 Å². The summed E-state index contributed by atoms with van der Waals surface area (Å²) in [4.78, 5) is 13.6. The van der Waals surface area contributed by atoms with E-state index in [2.05, 4.69) is 5.32 Å². The monoisotopic (exact) mass is 462 g/mol. The van der Waals surface area contributed by atoms with Gasteiger partial charge >= 0.3 is 0 Å². The molecule has 1 N–H and O–H groups in total. The molecular formula is C22H23ClN2O3S2. The Morgan fingerprint density at radius 1 is 1.07 bits per heavy atom. The maximum atomic E-state index is 13.4. The van der Waals surface area contributed by atoms with Gasteiger partial charge in [-0.3, -0.25) is 9.10 Å². The number of nitrogens with one attached hydrogen (secondary N) is 1. The molecule has 0 saturated carbocycles. The van der Waals surface area contributed by atoms with E-state index in [-0.39, 0.29) is 10.8 Å². The lowest BCUT2D eigenvalue weighted by Gasteiger charge is -2.25. The molecule has 3 rings (SSSR count). The van der Waals surface area contributed by atoms with E-state index in [0.717, 1.165) is 20.3 Å². The van der Waals surface area contributed by atoms with Crippen molar-refractivity contribution in [3.63, 3.8) is 0 Å². The van der Waals surface area contributed by atoms with E-state index < -0.39 is 15.9 Å². The van der Waals surface area contributed by atoms with Gasteiger partial charge in [-0.05, 0) is 56.2 Å². The third kappa shape index (κ3) is 5.03. The molecule has 0 unspecified atom stereocenters. The van der Waals surface area contributed by atoms with Crippen molar-refractivity contribution in [2.45, 2.75) is 31.5 Å². The fraction of sp³-hybridized carbons (Fsp3) is 0.227. The standard InChI is InChI=1S/C22H23ClN2O3S2/c1-15-6-4-7-18(12-15)13-24-21(26)14-25(20-9-5-8-19(23)17(20)3)30(27,28)22-11-10-16(2)29-22/h4-12H,13-14H2,1-3H3,(H,24,26). The molecule has 8 heteroatoms. The number of carbonyl (C=O) groups excluding carboxylic acids is 1. The molecule has 0 fully saturated rings. The number of hydrogen-bond acceptors (Lipinski definition) is 4. The average molecular weight is 463 g/mol. The molecule has 2 aromatic carbocycles. The van der Waals surface area contributed by atoms with Crippen molar-refractivity contribution in [2.24, 2.45) is 0 Å². The van der Waals surface area contributed by atoms with Gasteiger partial charge in [-0.15, -0.1) is 11.3 Å². The molecule has 1 amide bonds. The SMILES string of the molecule is Cc1cccc(CNC(=O)CN(c2cccc(Cl)c2C)S(=O)(=O)c2ccc(C)s2)c1. The zero-order chi connectivity index (χ0) is 21.9. The minimum absolute atomic E-state index is 0.186. The van der Waals surface area contributed by atoms with Crippen molar-refractivity contribution in [3.05, 3.63) is 81.2 Å². The second-order valence-corrected chi connectivity index (χ2v) is 10.8. The maximum absolute atomic E-state index is 13.4. The predicted molar refractivity (Wildman–Crippen MR) is 123 cm³/mol. The van der Waals surface area contributed by atoms with Gasteiger partial charge in [-0.25, -0.2) is 8.42 Å². The molecular weight excluding hydrogens is 440 g/mol. The minimum atomic E-state index is -3.92. The molecule has 5 nitrogen and oxygen atoms in total. The number of sulfonamides is 1. The smallest absolute Gasteiger partial charge is 0.274 e. The van der Waals surface area contributed by atoms with E-state index in [1.165, 1.54) is 11.3 Å². The lowest BCUT2D eigenvalue weighted by molar-refractivity contribution is -0.119. The number of nitrogens with zero attached hydrogens (tertiary/aromatic N) is 1. The average Bonchev–Trinajstić information content (AvgIpc) is 3.14. The fourth-order valence-electron chi connectivity index (χ4n) is 3.03. The van der Waals surface area contributed by atoms with Gasteiger partial charge in [0.15, 0.2) is 0 Å². The molecule has 158 valence electrons. The van der Waals surface area contributed by atoms with Crippen LogP contribution in [0.5, 0.6) is 0 Å². The van der Waals surface area contributed by atoms with Gasteiger partial charge < -0.3 is 5.32 Å². The van der Waals surface area contributed by atoms with Crippen LogP contribution >= 0.6 is 22.9 Å². The first-order chi connectivity index (χ1) is 14.2. The summed E-state index contributed by atoms with van der Waals surface area (Å²) in [5.74, 6) is -0.396. The Hall–Kier alpha value is -2.35. The summed E-state index contributed by atoms with van der Waals surface area (Å²) >= 11 is 7.40. The zero-order valence-corrected chi connectivity index (χ0v) is 19.4. The number of anilines is 1. The molecule has 0 radical (unpaired) electrons. The Balaban J connectivity index is 1.89. The summed E-state index contributed by atoms with van der Waals surface area (Å²) in [5.41, 5.74) is 3.03. The second kappa shape index (κ2) is 9.20. The molecule has 0 spiro atoms. The van der Waals surface area contributed by atoms with Crippen LogP contribution in [0.2, 0.25) is 5.02 Å². The van der Waals surface area contributed by atoms with Gasteiger partial charge in [0.1, 0.15) is 10.8 Å². The molecule has 1 aromatic heterocycles. The van der Waals surface area contributed by atoms with Crippen molar-refractivity contribution >= 4 is 44.6 Å². The van der Waals surface area contributed by atoms with E-state index >= 15 is 0 Å². The van der Waals surface area contributed by atoms with Crippen molar-refractivity contribution in [3.8, 4) is 0 Å². The number of hydrogen-bond donors (Lipinski definition) is 1. The molecule has 0 atom stereocenters. The van der Waals surface area contributed by atoms with Crippen LogP contribution in [0, 0.1) is 20.8 Å². The summed E-state index contributed by atoms with van der Waals surface area (Å²) in [6, 6.07) is 16.1. The van der Waals surface area contributed by atoms with Crippen LogP contribution in [0.3, 0.4) is 0 Å². The number of thiophene rings is 1. The van der Waals surface area contributed by atoms with Crippen LogP contribution in [0.25, 0.3) is 0 Å². The first-order valence-corrected chi connectivity index (χ1v) is 12.0. The molecule has 30 heavy (non-hydrogen) atoms. The third-order valence-electron chi connectivity index (χ3n) is 4.63. The highest BCUT2D eigenvalue weighted by Gasteiger charge is 2.29. The maximum Gasteiger partial charge on any atom is 0.274 e. The Kier molecular flexibility index (Phi) is 6.85. The molecule has 0 aliphatic carbocycles. The Bertz CT molecular complexity index is 1170. The molecule has 0 bridgehead atoms.